The maximum absolute atomic E-state index is 11.5. The van der Waals surface area contributed by atoms with Crippen molar-refractivity contribution in [2.45, 2.75) is 18.9 Å². The number of rotatable bonds is 2. The molecule has 0 spiro atoms. The van der Waals surface area contributed by atoms with Crippen LogP contribution < -0.4 is 5.32 Å². The molecule has 0 unspecified atom stereocenters. The summed E-state index contributed by atoms with van der Waals surface area (Å²) in [5.41, 5.74) is 1.11. The van der Waals surface area contributed by atoms with Crippen molar-refractivity contribution in [1.29, 1.82) is 0 Å². The number of nitrogens with one attached hydrogen (secondary N) is 1. The van der Waals surface area contributed by atoms with Crippen LogP contribution in [0.3, 0.4) is 0 Å². The van der Waals surface area contributed by atoms with Crippen molar-refractivity contribution in [3.05, 3.63) is 35.9 Å². The monoisotopic (exact) mass is 205 g/mol. The summed E-state index contributed by atoms with van der Waals surface area (Å²) in [6.45, 7) is 2.30. The highest BCUT2D eigenvalue weighted by Gasteiger charge is 2.38. The van der Waals surface area contributed by atoms with E-state index in [-0.39, 0.29) is 17.7 Å². The predicted molar refractivity (Wildman–Crippen MR) is 57.4 cm³/mol. The fraction of sp³-hybridized carbons (Fsp3) is 0.417. The molecule has 0 aliphatic carbocycles. The predicted octanol–water partition coefficient (Wildman–Crippen LogP) is 0.897. The van der Waals surface area contributed by atoms with Gasteiger partial charge in [0.05, 0.1) is 12.0 Å². The Labute approximate surface area is 89.1 Å². The molecule has 1 amide bonds. The number of amides is 1. The Morgan fingerprint density at radius 1 is 1.40 bits per heavy atom. The normalized spacial score (nSPS) is 27.5. The molecule has 1 aromatic rings. The Hall–Kier alpha value is -1.35. The number of carbonyl (C=O) groups excluding carboxylic acids is 1. The van der Waals surface area contributed by atoms with Crippen LogP contribution in [0, 0.1) is 5.92 Å². The van der Waals surface area contributed by atoms with Gasteiger partial charge in [-0.15, -0.1) is 0 Å². The molecule has 15 heavy (non-hydrogen) atoms. The van der Waals surface area contributed by atoms with Crippen molar-refractivity contribution in [3.63, 3.8) is 0 Å². The number of hydrogen-bond acceptors (Lipinski definition) is 2. The van der Waals surface area contributed by atoms with Gasteiger partial charge in [0.2, 0.25) is 5.91 Å². The van der Waals surface area contributed by atoms with Crippen LogP contribution in [-0.2, 0) is 4.79 Å². The third kappa shape index (κ3) is 1.88. The molecule has 2 N–H and O–H groups in total. The summed E-state index contributed by atoms with van der Waals surface area (Å²) in [6, 6.07) is 9.86. The lowest BCUT2D eigenvalue weighted by molar-refractivity contribution is -0.125. The van der Waals surface area contributed by atoms with Crippen LogP contribution in [0.2, 0.25) is 0 Å². The average molecular weight is 205 g/mol. The second-order valence-electron chi connectivity index (χ2n) is 4.03. The van der Waals surface area contributed by atoms with Gasteiger partial charge >= 0.3 is 0 Å². The van der Waals surface area contributed by atoms with E-state index >= 15 is 0 Å². The Morgan fingerprint density at radius 2 is 2.07 bits per heavy atom. The first-order valence-electron chi connectivity index (χ1n) is 5.21. The minimum Gasteiger partial charge on any atom is -0.393 e. The third-order valence-corrected chi connectivity index (χ3v) is 2.98. The summed E-state index contributed by atoms with van der Waals surface area (Å²) >= 11 is 0. The highest BCUT2D eigenvalue weighted by Crippen LogP contribution is 2.30. The molecular weight excluding hydrogens is 190 g/mol. The van der Waals surface area contributed by atoms with Gasteiger partial charge in [0, 0.05) is 12.5 Å². The largest absolute Gasteiger partial charge is 0.393 e. The summed E-state index contributed by atoms with van der Waals surface area (Å²) in [5.74, 6) is -0.259. The van der Waals surface area contributed by atoms with Crippen LogP contribution in [0.5, 0.6) is 0 Å². The van der Waals surface area contributed by atoms with E-state index in [1.54, 1.807) is 6.92 Å². The van der Waals surface area contributed by atoms with E-state index in [2.05, 4.69) is 5.32 Å². The minimum absolute atomic E-state index is 0.0427. The van der Waals surface area contributed by atoms with Gasteiger partial charge in [0.25, 0.3) is 0 Å². The zero-order chi connectivity index (χ0) is 10.8. The van der Waals surface area contributed by atoms with Crippen LogP contribution in [0.25, 0.3) is 0 Å². The molecule has 1 aliphatic rings. The van der Waals surface area contributed by atoms with E-state index in [9.17, 15) is 9.90 Å². The van der Waals surface area contributed by atoms with E-state index in [4.69, 9.17) is 0 Å². The molecule has 3 heteroatoms. The van der Waals surface area contributed by atoms with Crippen LogP contribution in [0.4, 0.5) is 0 Å². The zero-order valence-corrected chi connectivity index (χ0v) is 8.68. The molecule has 3 atom stereocenters. The minimum atomic E-state index is -0.599. The Bertz CT molecular complexity index is 348. The van der Waals surface area contributed by atoms with Gasteiger partial charge < -0.3 is 10.4 Å². The SMILES string of the molecule is C[C@@H](O)[C@@H]1C(=O)NC[C@@H]1c1ccccc1. The Kier molecular flexibility index (Phi) is 2.73. The molecule has 0 bridgehead atoms. The number of benzene rings is 1. The quantitative estimate of drug-likeness (QED) is 0.753. The second kappa shape index (κ2) is 4.03. The maximum atomic E-state index is 11.5. The Morgan fingerprint density at radius 3 is 2.67 bits per heavy atom. The van der Waals surface area contributed by atoms with Crippen molar-refractivity contribution in [3.8, 4) is 0 Å². The highest BCUT2D eigenvalue weighted by molar-refractivity contribution is 5.82. The molecule has 1 saturated heterocycles. The molecule has 0 aromatic heterocycles. The van der Waals surface area contributed by atoms with E-state index in [0.29, 0.717) is 6.54 Å². The number of hydrogen-bond donors (Lipinski definition) is 2. The number of aliphatic hydroxyl groups excluding tert-OH is 1. The van der Waals surface area contributed by atoms with Gasteiger partial charge in [-0.1, -0.05) is 30.3 Å². The summed E-state index contributed by atoms with van der Waals surface area (Å²) in [7, 11) is 0. The smallest absolute Gasteiger partial charge is 0.226 e. The standard InChI is InChI=1S/C12H15NO2/c1-8(14)11-10(7-13-12(11)15)9-5-3-2-4-6-9/h2-6,8,10-11,14H,7H2,1H3,(H,13,15)/t8-,10-,11+/m1/s1. The lowest BCUT2D eigenvalue weighted by Crippen LogP contribution is -2.28. The van der Waals surface area contributed by atoms with Gasteiger partial charge in [-0.2, -0.15) is 0 Å². The van der Waals surface area contributed by atoms with Gasteiger partial charge in [0.1, 0.15) is 0 Å². The van der Waals surface area contributed by atoms with Crippen LogP contribution in [0.15, 0.2) is 30.3 Å². The molecule has 1 aromatic carbocycles. The molecule has 1 fully saturated rings. The summed E-state index contributed by atoms with van der Waals surface area (Å²) in [4.78, 5) is 11.5. The van der Waals surface area contributed by atoms with E-state index < -0.39 is 6.10 Å². The van der Waals surface area contributed by atoms with Crippen molar-refractivity contribution in [1.82, 2.24) is 5.32 Å². The van der Waals surface area contributed by atoms with Crippen molar-refractivity contribution >= 4 is 5.91 Å². The molecule has 3 nitrogen and oxygen atoms in total. The summed E-state index contributed by atoms with van der Waals surface area (Å²) < 4.78 is 0. The topological polar surface area (TPSA) is 49.3 Å². The molecule has 0 radical (unpaired) electrons. The maximum Gasteiger partial charge on any atom is 0.226 e. The number of carbonyl (C=O) groups is 1. The lowest BCUT2D eigenvalue weighted by atomic mass is 9.85. The highest BCUT2D eigenvalue weighted by atomic mass is 16.3. The Balaban J connectivity index is 2.26. The van der Waals surface area contributed by atoms with Crippen molar-refractivity contribution < 1.29 is 9.90 Å². The molecule has 1 aliphatic heterocycles. The molecule has 80 valence electrons. The second-order valence-corrected chi connectivity index (χ2v) is 4.03. The van der Waals surface area contributed by atoms with Gasteiger partial charge in [-0.3, -0.25) is 4.79 Å². The first kappa shape index (κ1) is 10.2. The first-order chi connectivity index (χ1) is 7.20. The van der Waals surface area contributed by atoms with E-state index in [1.165, 1.54) is 0 Å². The van der Waals surface area contributed by atoms with Gasteiger partial charge in [0.15, 0.2) is 0 Å². The molecule has 2 rings (SSSR count). The van der Waals surface area contributed by atoms with Crippen molar-refractivity contribution in [2.24, 2.45) is 5.92 Å². The van der Waals surface area contributed by atoms with Crippen LogP contribution in [-0.4, -0.2) is 23.7 Å². The summed E-state index contributed by atoms with van der Waals surface area (Å²) in [5, 5.41) is 12.4. The number of aliphatic hydroxyl groups is 1. The van der Waals surface area contributed by atoms with Crippen LogP contribution in [0.1, 0.15) is 18.4 Å². The van der Waals surface area contributed by atoms with E-state index in [1.807, 2.05) is 30.3 Å². The van der Waals surface area contributed by atoms with Gasteiger partial charge in [-0.25, -0.2) is 0 Å². The van der Waals surface area contributed by atoms with Crippen molar-refractivity contribution in [2.75, 3.05) is 6.54 Å². The zero-order valence-electron chi connectivity index (χ0n) is 8.68. The molecular formula is C12H15NO2. The molecule has 0 saturated carbocycles. The first-order valence-corrected chi connectivity index (χ1v) is 5.21. The van der Waals surface area contributed by atoms with Crippen LogP contribution >= 0.6 is 0 Å². The fourth-order valence-electron chi connectivity index (χ4n) is 2.22. The van der Waals surface area contributed by atoms with E-state index in [0.717, 1.165) is 5.56 Å². The molecule has 1 heterocycles. The lowest BCUT2D eigenvalue weighted by Gasteiger charge is -2.19. The fourth-order valence-corrected chi connectivity index (χ4v) is 2.22. The summed E-state index contributed by atoms with van der Waals surface area (Å²) in [6.07, 6.45) is -0.599. The third-order valence-electron chi connectivity index (χ3n) is 2.98. The average Bonchev–Trinajstić information content (AvgIpc) is 2.61. The van der Waals surface area contributed by atoms with Gasteiger partial charge in [-0.05, 0) is 12.5 Å².